The van der Waals surface area contributed by atoms with E-state index in [1.165, 1.54) is 18.9 Å². The van der Waals surface area contributed by atoms with Gasteiger partial charge in [0.1, 0.15) is 5.75 Å². The van der Waals surface area contributed by atoms with Crippen LogP contribution in [-0.4, -0.2) is 28.0 Å². The molecule has 2 aromatic rings. The lowest BCUT2D eigenvalue weighted by molar-refractivity contribution is 0.296. The van der Waals surface area contributed by atoms with Gasteiger partial charge in [0.05, 0.1) is 11.5 Å². The minimum absolute atomic E-state index is 0.0940. The van der Waals surface area contributed by atoms with Gasteiger partial charge < -0.3 is 15.4 Å². The standard InChI is InChI=1S/C20H26N4O3S/c1-22-20(23-12-16-5-4-7-18(11-16)28(21,25)26)24-13-17-6-2-3-8-19(17)27-14-15-9-10-15/h2-8,11,15H,9-10,12-14H2,1H3,(H2,21,25,26)(H2,22,23,24). The maximum atomic E-state index is 11.5. The second-order valence-electron chi connectivity index (χ2n) is 6.83. The highest BCUT2D eigenvalue weighted by Crippen LogP contribution is 2.30. The molecule has 1 aliphatic carbocycles. The highest BCUT2D eigenvalue weighted by Gasteiger charge is 2.22. The number of hydrogen-bond donors (Lipinski definition) is 3. The molecule has 1 aliphatic rings. The Kier molecular flexibility index (Phi) is 6.53. The zero-order valence-corrected chi connectivity index (χ0v) is 16.7. The monoisotopic (exact) mass is 402 g/mol. The van der Waals surface area contributed by atoms with Gasteiger partial charge in [0.25, 0.3) is 0 Å². The summed E-state index contributed by atoms with van der Waals surface area (Å²) < 4.78 is 28.9. The molecule has 1 fully saturated rings. The Balaban J connectivity index is 1.55. The van der Waals surface area contributed by atoms with Crippen molar-refractivity contribution < 1.29 is 13.2 Å². The van der Waals surface area contributed by atoms with E-state index in [0.717, 1.165) is 23.5 Å². The van der Waals surface area contributed by atoms with Gasteiger partial charge >= 0.3 is 0 Å². The van der Waals surface area contributed by atoms with Crippen LogP contribution in [0.5, 0.6) is 5.75 Å². The number of hydrogen-bond acceptors (Lipinski definition) is 4. The molecule has 0 saturated heterocycles. The largest absolute Gasteiger partial charge is 0.493 e. The third-order valence-corrected chi connectivity index (χ3v) is 5.41. The van der Waals surface area contributed by atoms with E-state index in [0.29, 0.717) is 25.0 Å². The average Bonchev–Trinajstić information content (AvgIpc) is 3.51. The number of sulfonamides is 1. The molecule has 0 aromatic heterocycles. The number of para-hydroxylation sites is 1. The number of nitrogens with one attached hydrogen (secondary N) is 2. The van der Waals surface area contributed by atoms with Crippen LogP contribution in [0.1, 0.15) is 24.0 Å². The van der Waals surface area contributed by atoms with Crippen molar-refractivity contribution in [3.8, 4) is 5.75 Å². The average molecular weight is 403 g/mol. The molecule has 8 heteroatoms. The number of primary sulfonamides is 1. The SMILES string of the molecule is CN=C(NCc1cccc(S(N)(=O)=O)c1)NCc1ccccc1OCC1CC1. The third-order valence-electron chi connectivity index (χ3n) is 4.50. The summed E-state index contributed by atoms with van der Waals surface area (Å²) in [6, 6.07) is 14.5. The molecule has 0 amide bonds. The second kappa shape index (κ2) is 9.07. The Hall–Kier alpha value is -2.58. The zero-order chi connectivity index (χ0) is 20.0. The van der Waals surface area contributed by atoms with E-state index >= 15 is 0 Å². The molecule has 0 radical (unpaired) electrons. The fraction of sp³-hybridized carbons (Fsp3) is 0.350. The number of benzene rings is 2. The maximum absolute atomic E-state index is 11.5. The quantitative estimate of drug-likeness (QED) is 0.463. The van der Waals surface area contributed by atoms with E-state index in [1.54, 1.807) is 19.2 Å². The van der Waals surface area contributed by atoms with Crippen molar-refractivity contribution in [3.63, 3.8) is 0 Å². The molecule has 0 aliphatic heterocycles. The summed E-state index contributed by atoms with van der Waals surface area (Å²) in [6.07, 6.45) is 2.51. The van der Waals surface area contributed by atoms with Crippen LogP contribution in [0.15, 0.2) is 58.4 Å². The molecule has 0 atom stereocenters. The minimum atomic E-state index is -3.72. The van der Waals surface area contributed by atoms with E-state index in [9.17, 15) is 8.42 Å². The number of guanidine groups is 1. The summed E-state index contributed by atoms with van der Waals surface area (Å²) in [4.78, 5) is 4.31. The lowest BCUT2D eigenvalue weighted by Crippen LogP contribution is -2.36. The smallest absolute Gasteiger partial charge is 0.238 e. The molecule has 4 N–H and O–H groups in total. The van der Waals surface area contributed by atoms with Gasteiger partial charge in [-0.05, 0) is 42.5 Å². The number of rotatable bonds is 8. The zero-order valence-electron chi connectivity index (χ0n) is 15.9. The molecule has 2 aromatic carbocycles. The first-order valence-corrected chi connectivity index (χ1v) is 10.8. The van der Waals surface area contributed by atoms with E-state index in [1.807, 2.05) is 30.3 Å². The van der Waals surface area contributed by atoms with Gasteiger partial charge in [0.2, 0.25) is 10.0 Å². The molecule has 1 saturated carbocycles. The number of ether oxygens (including phenoxy) is 1. The van der Waals surface area contributed by atoms with Gasteiger partial charge in [-0.1, -0.05) is 30.3 Å². The van der Waals surface area contributed by atoms with Crippen molar-refractivity contribution in [1.82, 2.24) is 10.6 Å². The first-order valence-electron chi connectivity index (χ1n) is 9.22. The van der Waals surface area contributed by atoms with E-state index < -0.39 is 10.0 Å². The number of aliphatic imine (C=N–C) groups is 1. The lowest BCUT2D eigenvalue weighted by atomic mass is 10.2. The molecule has 3 rings (SSSR count). The number of nitrogens with two attached hydrogens (primary N) is 1. The van der Waals surface area contributed by atoms with Crippen LogP contribution in [0.25, 0.3) is 0 Å². The molecule has 150 valence electrons. The first-order chi connectivity index (χ1) is 13.5. The Morgan fingerprint density at radius 2 is 1.89 bits per heavy atom. The molecule has 28 heavy (non-hydrogen) atoms. The van der Waals surface area contributed by atoms with Crippen LogP contribution in [0.3, 0.4) is 0 Å². The van der Waals surface area contributed by atoms with Crippen molar-refractivity contribution in [1.29, 1.82) is 0 Å². The molecular formula is C20H26N4O3S. The predicted molar refractivity (Wildman–Crippen MR) is 110 cm³/mol. The highest BCUT2D eigenvalue weighted by atomic mass is 32.2. The summed E-state index contributed by atoms with van der Waals surface area (Å²) >= 11 is 0. The van der Waals surface area contributed by atoms with Crippen molar-refractivity contribution in [2.75, 3.05) is 13.7 Å². The van der Waals surface area contributed by atoms with Gasteiger partial charge in [-0.2, -0.15) is 0 Å². The Labute approximate surface area is 166 Å². The molecule has 0 bridgehead atoms. The van der Waals surface area contributed by atoms with Gasteiger partial charge in [0, 0.05) is 25.7 Å². The van der Waals surface area contributed by atoms with Crippen LogP contribution in [0.4, 0.5) is 0 Å². The van der Waals surface area contributed by atoms with Gasteiger partial charge in [-0.25, -0.2) is 13.6 Å². The molecule has 0 heterocycles. The molecule has 0 spiro atoms. The molecule has 0 unspecified atom stereocenters. The van der Waals surface area contributed by atoms with E-state index in [2.05, 4.69) is 15.6 Å². The molecule has 7 nitrogen and oxygen atoms in total. The molecular weight excluding hydrogens is 376 g/mol. The second-order valence-corrected chi connectivity index (χ2v) is 8.40. The topological polar surface area (TPSA) is 106 Å². The van der Waals surface area contributed by atoms with Crippen molar-refractivity contribution >= 4 is 16.0 Å². The Bertz CT molecular complexity index is 940. The third kappa shape index (κ3) is 5.97. The van der Waals surface area contributed by atoms with Crippen molar-refractivity contribution in [3.05, 3.63) is 59.7 Å². The Morgan fingerprint density at radius 1 is 1.14 bits per heavy atom. The van der Waals surface area contributed by atoms with Crippen LogP contribution >= 0.6 is 0 Å². The Morgan fingerprint density at radius 3 is 2.61 bits per heavy atom. The lowest BCUT2D eigenvalue weighted by Gasteiger charge is -2.15. The first kappa shape index (κ1) is 20.2. The van der Waals surface area contributed by atoms with Gasteiger partial charge in [-0.3, -0.25) is 4.99 Å². The van der Waals surface area contributed by atoms with E-state index in [4.69, 9.17) is 9.88 Å². The normalized spacial score (nSPS) is 14.6. The van der Waals surface area contributed by atoms with Gasteiger partial charge in [0.15, 0.2) is 5.96 Å². The number of nitrogens with zero attached hydrogens (tertiary/aromatic N) is 1. The summed E-state index contributed by atoms with van der Waals surface area (Å²) in [7, 11) is -2.03. The van der Waals surface area contributed by atoms with E-state index in [-0.39, 0.29) is 4.90 Å². The van der Waals surface area contributed by atoms with Crippen LogP contribution in [-0.2, 0) is 23.1 Å². The maximum Gasteiger partial charge on any atom is 0.238 e. The van der Waals surface area contributed by atoms with Crippen LogP contribution < -0.4 is 20.5 Å². The fourth-order valence-electron chi connectivity index (χ4n) is 2.70. The minimum Gasteiger partial charge on any atom is -0.493 e. The van der Waals surface area contributed by atoms with Crippen molar-refractivity contribution in [2.24, 2.45) is 16.0 Å². The van der Waals surface area contributed by atoms with Crippen molar-refractivity contribution in [2.45, 2.75) is 30.8 Å². The predicted octanol–water partition coefficient (Wildman–Crippen LogP) is 1.99. The highest BCUT2D eigenvalue weighted by molar-refractivity contribution is 7.89. The summed E-state index contributed by atoms with van der Waals surface area (Å²) in [5, 5.41) is 11.6. The summed E-state index contributed by atoms with van der Waals surface area (Å²) in [5.41, 5.74) is 1.85. The summed E-state index contributed by atoms with van der Waals surface area (Å²) in [6.45, 7) is 1.75. The fourth-order valence-corrected chi connectivity index (χ4v) is 3.28. The van der Waals surface area contributed by atoms with Crippen LogP contribution in [0, 0.1) is 5.92 Å². The summed E-state index contributed by atoms with van der Waals surface area (Å²) in [5.74, 6) is 2.19. The van der Waals surface area contributed by atoms with Gasteiger partial charge in [-0.15, -0.1) is 0 Å². The van der Waals surface area contributed by atoms with Crippen LogP contribution in [0.2, 0.25) is 0 Å².